The van der Waals surface area contributed by atoms with Gasteiger partial charge in [0, 0.05) is 29.2 Å². The minimum atomic E-state index is -0.0239. The third kappa shape index (κ3) is 5.23. The first-order chi connectivity index (χ1) is 13.1. The maximum Gasteiger partial charge on any atom is 0.254 e. The number of amides is 1. The highest BCUT2D eigenvalue weighted by atomic mass is 79.9. The largest absolute Gasteiger partial charge is 0.497 e. The standard InChI is InChI=1S/C21H24BrNO4/c1-25-19-10-16(11-20(12-19)26-2)21(24)23-9-3-4-18(13-23)27-14-15-5-7-17(22)8-6-15/h5-8,10-12,18H,3-4,9,13-14H2,1-2H3/t18-/m0/s1. The van der Waals surface area contributed by atoms with Crippen molar-refractivity contribution in [3.05, 3.63) is 58.1 Å². The van der Waals surface area contributed by atoms with E-state index < -0.39 is 0 Å². The molecule has 1 heterocycles. The SMILES string of the molecule is COc1cc(OC)cc(C(=O)N2CCC[C@H](OCc3ccc(Br)cc3)C2)c1. The average Bonchev–Trinajstić information content (AvgIpc) is 2.72. The number of carbonyl (C=O) groups excluding carboxylic acids is 1. The van der Waals surface area contributed by atoms with Crippen LogP contribution in [0, 0.1) is 0 Å². The summed E-state index contributed by atoms with van der Waals surface area (Å²) in [6, 6.07) is 13.3. The van der Waals surface area contributed by atoms with E-state index in [9.17, 15) is 4.79 Å². The van der Waals surface area contributed by atoms with Crippen LogP contribution in [0.4, 0.5) is 0 Å². The molecule has 0 N–H and O–H groups in total. The number of methoxy groups -OCH3 is 2. The number of rotatable bonds is 6. The smallest absolute Gasteiger partial charge is 0.254 e. The summed E-state index contributed by atoms with van der Waals surface area (Å²) in [4.78, 5) is 14.8. The Kier molecular flexibility index (Phi) is 6.74. The van der Waals surface area contributed by atoms with Crippen LogP contribution in [-0.2, 0) is 11.3 Å². The minimum absolute atomic E-state index is 0.0239. The molecule has 1 aliphatic heterocycles. The number of nitrogens with zero attached hydrogens (tertiary/aromatic N) is 1. The molecule has 1 fully saturated rings. The topological polar surface area (TPSA) is 48.0 Å². The quantitative estimate of drug-likeness (QED) is 0.681. The molecule has 0 unspecified atom stereocenters. The highest BCUT2D eigenvalue weighted by Crippen LogP contribution is 2.25. The Morgan fingerprint density at radius 1 is 1.11 bits per heavy atom. The van der Waals surface area contributed by atoms with E-state index in [1.165, 1.54) is 0 Å². The van der Waals surface area contributed by atoms with Crippen LogP contribution in [0.2, 0.25) is 0 Å². The van der Waals surface area contributed by atoms with Gasteiger partial charge in [0.2, 0.25) is 0 Å². The number of halogens is 1. The van der Waals surface area contributed by atoms with Gasteiger partial charge in [-0.3, -0.25) is 4.79 Å². The molecule has 144 valence electrons. The number of piperidine rings is 1. The second kappa shape index (κ2) is 9.24. The lowest BCUT2D eigenvalue weighted by atomic mass is 10.1. The number of benzene rings is 2. The van der Waals surface area contributed by atoms with Gasteiger partial charge in [-0.2, -0.15) is 0 Å². The summed E-state index contributed by atoms with van der Waals surface area (Å²) in [5.41, 5.74) is 1.69. The molecule has 2 aromatic rings. The molecule has 27 heavy (non-hydrogen) atoms. The molecule has 6 heteroatoms. The van der Waals surface area contributed by atoms with Crippen LogP contribution in [0.1, 0.15) is 28.8 Å². The van der Waals surface area contributed by atoms with E-state index in [1.807, 2.05) is 29.2 Å². The summed E-state index contributed by atoms with van der Waals surface area (Å²) in [5.74, 6) is 1.19. The molecule has 0 spiro atoms. The normalized spacial score (nSPS) is 16.9. The Balaban J connectivity index is 1.63. The van der Waals surface area contributed by atoms with Crippen molar-refractivity contribution in [3.8, 4) is 11.5 Å². The Hall–Kier alpha value is -2.05. The third-order valence-electron chi connectivity index (χ3n) is 4.66. The van der Waals surface area contributed by atoms with E-state index in [0.29, 0.717) is 30.2 Å². The van der Waals surface area contributed by atoms with E-state index in [-0.39, 0.29) is 12.0 Å². The molecule has 0 aromatic heterocycles. The molecule has 5 nitrogen and oxygen atoms in total. The Morgan fingerprint density at radius 3 is 2.41 bits per heavy atom. The number of carbonyl (C=O) groups is 1. The number of likely N-dealkylation sites (tertiary alicyclic amines) is 1. The summed E-state index contributed by atoms with van der Waals surface area (Å²) in [5, 5.41) is 0. The Morgan fingerprint density at radius 2 is 1.78 bits per heavy atom. The van der Waals surface area contributed by atoms with Crippen LogP contribution in [0.3, 0.4) is 0 Å². The zero-order valence-corrected chi connectivity index (χ0v) is 17.2. The molecular formula is C21H24BrNO4. The first-order valence-corrected chi connectivity index (χ1v) is 9.76. The van der Waals surface area contributed by atoms with Crippen molar-refractivity contribution in [2.45, 2.75) is 25.6 Å². The van der Waals surface area contributed by atoms with Crippen molar-refractivity contribution in [2.24, 2.45) is 0 Å². The molecule has 1 saturated heterocycles. The lowest BCUT2D eigenvalue weighted by Gasteiger charge is -2.33. The van der Waals surface area contributed by atoms with E-state index in [0.717, 1.165) is 29.4 Å². The number of ether oxygens (including phenoxy) is 3. The van der Waals surface area contributed by atoms with Gasteiger partial charge in [-0.1, -0.05) is 28.1 Å². The third-order valence-corrected chi connectivity index (χ3v) is 5.19. The maximum absolute atomic E-state index is 12.9. The van der Waals surface area contributed by atoms with Gasteiger partial charge in [-0.05, 0) is 42.7 Å². The Bertz CT molecular complexity index is 756. The van der Waals surface area contributed by atoms with Gasteiger partial charge in [0.1, 0.15) is 11.5 Å². The van der Waals surface area contributed by atoms with Crippen molar-refractivity contribution in [2.75, 3.05) is 27.3 Å². The highest BCUT2D eigenvalue weighted by molar-refractivity contribution is 9.10. The number of hydrogen-bond acceptors (Lipinski definition) is 4. The van der Waals surface area contributed by atoms with E-state index in [4.69, 9.17) is 14.2 Å². The van der Waals surface area contributed by atoms with Crippen molar-refractivity contribution >= 4 is 21.8 Å². The summed E-state index contributed by atoms with van der Waals surface area (Å²) in [6.07, 6.45) is 1.93. The van der Waals surface area contributed by atoms with Gasteiger partial charge < -0.3 is 19.1 Å². The molecular weight excluding hydrogens is 410 g/mol. The monoisotopic (exact) mass is 433 g/mol. The van der Waals surface area contributed by atoms with E-state index >= 15 is 0 Å². The van der Waals surface area contributed by atoms with E-state index in [1.54, 1.807) is 32.4 Å². The summed E-state index contributed by atoms with van der Waals surface area (Å²) in [7, 11) is 3.16. The van der Waals surface area contributed by atoms with Crippen LogP contribution in [0.25, 0.3) is 0 Å². The molecule has 1 aliphatic rings. The minimum Gasteiger partial charge on any atom is -0.497 e. The molecule has 0 aliphatic carbocycles. The first-order valence-electron chi connectivity index (χ1n) is 8.97. The molecule has 3 rings (SSSR count). The second-order valence-corrected chi connectivity index (χ2v) is 7.47. The zero-order chi connectivity index (χ0) is 19.2. The van der Waals surface area contributed by atoms with Crippen molar-refractivity contribution in [1.29, 1.82) is 0 Å². The molecule has 0 saturated carbocycles. The van der Waals surface area contributed by atoms with E-state index in [2.05, 4.69) is 15.9 Å². The van der Waals surface area contributed by atoms with Crippen LogP contribution in [0.5, 0.6) is 11.5 Å². The fourth-order valence-electron chi connectivity index (χ4n) is 3.17. The molecule has 2 aromatic carbocycles. The second-order valence-electron chi connectivity index (χ2n) is 6.55. The van der Waals surface area contributed by atoms with Gasteiger partial charge in [0.25, 0.3) is 5.91 Å². The lowest BCUT2D eigenvalue weighted by Crippen LogP contribution is -2.43. The summed E-state index contributed by atoms with van der Waals surface area (Å²) in [6.45, 7) is 1.87. The average molecular weight is 434 g/mol. The van der Waals surface area contributed by atoms with Gasteiger partial charge in [0.15, 0.2) is 0 Å². The van der Waals surface area contributed by atoms with Crippen LogP contribution >= 0.6 is 15.9 Å². The highest BCUT2D eigenvalue weighted by Gasteiger charge is 2.25. The van der Waals surface area contributed by atoms with Crippen molar-refractivity contribution in [1.82, 2.24) is 4.90 Å². The van der Waals surface area contributed by atoms with Gasteiger partial charge in [-0.15, -0.1) is 0 Å². The predicted octanol–water partition coefficient (Wildman–Crippen LogP) is 4.29. The summed E-state index contributed by atoms with van der Waals surface area (Å²) >= 11 is 3.44. The molecule has 1 atom stereocenters. The summed E-state index contributed by atoms with van der Waals surface area (Å²) < 4.78 is 17.7. The van der Waals surface area contributed by atoms with Crippen LogP contribution in [0.15, 0.2) is 46.9 Å². The first kappa shape index (κ1) is 19.7. The fourth-order valence-corrected chi connectivity index (χ4v) is 3.43. The molecule has 0 radical (unpaired) electrons. The predicted molar refractivity (Wildman–Crippen MR) is 107 cm³/mol. The Labute approximate surface area is 168 Å². The van der Waals surface area contributed by atoms with Crippen LogP contribution < -0.4 is 9.47 Å². The van der Waals surface area contributed by atoms with Gasteiger partial charge in [-0.25, -0.2) is 0 Å². The van der Waals surface area contributed by atoms with Crippen LogP contribution in [-0.4, -0.2) is 44.2 Å². The van der Waals surface area contributed by atoms with Crippen molar-refractivity contribution < 1.29 is 19.0 Å². The lowest BCUT2D eigenvalue weighted by molar-refractivity contribution is -0.00674. The van der Waals surface area contributed by atoms with Gasteiger partial charge in [0.05, 0.1) is 26.9 Å². The zero-order valence-electron chi connectivity index (χ0n) is 15.6. The van der Waals surface area contributed by atoms with Crippen molar-refractivity contribution in [3.63, 3.8) is 0 Å². The molecule has 0 bridgehead atoms. The molecule has 1 amide bonds. The fraction of sp³-hybridized carbons (Fsp3) is 0.381. The van der Waals surface area contributed by atoms with Gasteiger partial charge >= 0.3 is 0 Å². The maximum atomic E-state index is 12.9. The number of hydrogen-bond donors (Lipinski definition) is 0.